The minimum absolute atomic E-state index is 0.281. The quantitative estimate of drug-likeness (QED) is 0.671. The topological polar surface area (TPSA) is 81.9 Å². The molecule has 3 aromatic rings. The van der Waals surface area contributed by atoms with E-state index in [9.17, 15) is 14.0 Å². The summed E-state index contributed by atoms with van der Waals surface area (Å²) in [5.74, 6) is -0.615. The first-order valence-corrected chi connectivity index (χ1v) is 9.39. The molecule has 0 atom stereocenters. The predicted octanol–water partition coefficient (Wildman–Crippen LogP) is 2.99. The average Bonchev–Trinajstić information content (AvgIpc) is 3.12. The van der Waals surface area contributed by atoms with Gasteiger partial charge in [0.05, 0.1) is 7.11 Å². The van der Waals surface area contributed by atoms with Crippen molar-refractivity contribution in [2.45, 2.75) is 0 Å². The zero-order chi connectivity index (χ0) is 20.8. The Bertz CT molecular complexity index is 1090. The van der Waals surface area contributed by atoms with Crippen molar-refractivity contribution in [3.63, 3.8) is 0 Å². The Hall–Kier alpha value is -3.46. The minimum atomic E-state index is -0.418. The van der Waals surface area contributed by atoms with Crippen LogP contribution in [-0.2, 0) is 11.8 Å². The van der Waals surface area contributed by atoms with Crippen molar-refractivity contribution in [1.29, 1.82) is 0 Å². The summed E-state index contributed by atoms with van der Waals surface area (Å²) in [5.41, 5.74) is 0.787. The number of hydrogen-bond donors (Lipinski definition) is 1. The number of thiazole rings is 1. The third-order valence-electron chi connectivity index (χ3n) is 3.85. The number of carbonyl (C=O) groups excluding carboxylic acids is 2. The van der Waals surface area contributed by atoms with E-state index < -0.39 is 17.6 Å². The molecule has 1 aromatic heterocycles. The second-order valence-corrected chi connectivity index (χ2v) is 6.80. The molecule has 0 saturated carbocycles. The second-order valence-electron chi connectivity index (χ2n) is 5.92. The molecule has 2 aromatic carbocycles. The van der Waals surface area contributed by atoms with Crippen LogP contribution < -0.4 is 19.6 Å². The fraction of sp³-hybridized carbons (Fsp3) is 0.150. The molecule has 1 N–H and O–H groups in total. The summed E-state index contributed by atoms with van der Waals surface area (Å²) in [4.78, 5) is 29.0. The van der Waals surface area contributed by atoms with E-state index in [1.807, 2.05) is 11.6 Å². The summed E-state index contributed by atoms with van der Waals surface area (Å²) in [5, 5.41) is 4.43. The van der Waals surface area contributed by atoms with E-state index in [2.05, 4.69) is 10.3 Å². The number of aryl methyl sites for hydroxylation is 1. The van der Waals surface area contributed by atoms with Crippen LogP contribution in [0.3, 0.4) is 0 Å². The Kier molecular flexibility index (Phi) is 6.40. The van der Waals surface area contributed by atoms with Crippen molar-refractivity contribution >= 4 is 28.8 Å². The monoisotopic (exact) mass is 415 g/mol. The van der Waals surface area contributed by atoms with Gasteiger partial charge in [0.2, 0.25) is 0 Å². The molecule has 0 radical (unpaired) electrons. The molecule has 3 rings (SSSR count). The Morgan fingerprint density at radius 3 is 2.59 bits per heavy atom. The number of rotatable bonds is 6. The largest absolute Gasteiger partial charge is 0.493 e. The number of ether oxygens (including phenoxy) is 2. The SMILES string of the molecule is COc1cc(C(=O)N=c2sccn2C)ccc1OCC(=O)Nc1ccc(F)cc1. The zero-order valence-corrected chi connectivity index (χ0v) is 16.5. The Morgan fingerprint density at radius 1 is 1.17 bits per heavy atom. The lowest BCUT2D eigenvalue weighted by Gasteiger charge is -2.11. The van der Waals surface area contributed by atoms with Crippen LogP contribution in [0.25, 0.3) is 0 Å². The van der Waals surface area contributed by atoms with Crippen molar-refractivity contribution in [1.82, 2.24) is 4.57 Å². The lowest BCUT2D eigenvalue weighted by molar-refractivity contribution is -0.118. The molecule has 0 bridgehead atoms. The highest BCUT2D eigenvalue weighted by Gasteiger charge is 2.12. The molecule has 2 amide bonds. The fourth-order valence-electron chi connectivity index (χ4n) is 2.38. The Balaban J connectivity index is 1.67. The van der Waals surface area contributed by atoms with Crippen LogP contribution in [0.1, 0.15) is 10.4 Å². The van der Waals surface area contributed by atoms with E-state index in [1.54, 1.807) is 23.7 Å². The highest BCUT2D eigenvalue weighted by Crippen LogP contribution is 2.28. The van der Waals surface area contributed by atoms with Gasteiger partial charge in [-0.05, 0) is 42.5 Å². The van der Waals surface area contributed by atoms with Gasteiger partial charge < -0.3 is 19.4 Å². The van der Waals surface area contributed by atoms with Gasteiger partial charge in [-0.1, -0.05) is 0 Å². The molecule has 0 aliphatic rings. The van der Waals surface area contributed by atoms with Crippen LogP contribution in [0.15, 0.2) is 59.0 Å². The number of anilines is 1. The van der Waals surface area contributed by atoms with E-state index in [1.165, 1.54) is 48.8 Å². The number of nitrogens with one attached hydrogen (secondary N) is 1. The summed E-state index contributed by atoms with van der Waals surface area (Å²) in [7, 11) is 3.24. The van der Waals surface area contributed by atoms with E-state index >= 15 is 0 Å². The normalized spacial score (nSPS) is 11.2. The van der Waals surface area contributed by atoms with Crippen LogP contribution in [0.5, 0.6) is 11.5 Å². The van der Waals surface area contributed by atoms with Gasteiger partial charge in [-0.2, -0.15) is 4.99 Å². The smallest absolute Gasteiger partial charge is 0.279 e. The second kappa shape index (κ2) is 9.16. The minimum Gasteiger partial charge on any atom is -0.493 e. The van der Waals surface area contributed by atoms with E-state index in [0.29, 0.717) is 27.6 Å². The van der Waals surface area contributed by atoms with Crippen molar-refractivity contribution in [2.24, 2.45) is 12.0 Å². The van der Waals surface area contributed by atoms with Crippen LogP contribution in [-0.4, -0.2) is 30.1 Å². The standard InChI is InChI=1S/C20H18FN3O4S/c1-24-9-10-29-20(24)23-19(26)13-3-8-16(17(11-13)27-2)28-12-18(25)22-15-6-4-14(21)5-7-15/h3-11H,12H2,1-2H3,(H,22,25). The molecule has 7 nitrogen and oxygen atoms in total. The van der Waals surface area contributed by atoms with Gasteiger partial charge in [0.15, 0.2) is 22.9 Å². The predicted molar refractivity (Wildman–Crippen MR) is 107 cm³/mol. The molecule has 0 unspecified atom stereocenters. The van der Waals surface area contributed by atoms with Gasteiger partial charge in [0.1, 0.15) is 5.82 Å². The molecule has 0 aliphatic carbocycles. The average molecular weight is 415 g/mol. The summed E-state index contributed by atoms with van der Waals surface area (Å²) in [6.07, 6.45) is 1.81. The van der Waals surface area contributed by atoms with Crippen molar-refractivity contribution in [2.75, 3.05) is 19.0 Å². The van der Waals surface area contributed by atoms with Crippen LogP contribution in [0.4, 0.5) is 10.1 Å². The number of nitrogens with zero attached hydrogens (tertiary/aromatic N) is 2. The van der Waals surface area contributed by atoms with Gasteiger partial charge in [-0.3, -0.25) is 9.59 Å². The molecule has 0 saturated heterocycles. The number of halogens is 1. The van der Waals surface area contributed by atoms with Gasteiger partial charge in [-0.25, -0.2) is 4.39 Å². The lowest BCUT2D eigenvalue weighted by Crippen LogP contribution is -2.20. The van der Waals surface area contributed by atoms with Crippen molar-refractivity contribution in [3.8, 4) is 11.5 Å². The molecule has 0 fully saturated rings. The molecule has 9 heteroatoms. The number of hydrogen-bond acceptors (Lipinski definition) is 5. The first kappa shape index (κ1) is 20.3. The number of benzene rings is 2. The van der Waals surface area contributed by atoms with Gasteiger partial charge in [0.25, 0.3) is 11.8 Å². The van der Waals surface area contributed by atoms with Crippen molar-refractivity contribution in [3.05, 3.63) is 70.2 Å². The van der Waals surface area contributed by atoms with Crippen LogP contribution >= 0.6 is 11.3 Å². The Morgan fingerprint density at radius 2 is 1.93 bits per heavy atom. The maximum absolute atomic E-state index is 12.9. The number of carbonyl (C=O) groups is 2. The molecule has 1 heterocycles. The Labute approximate surface area is 170 Å². The number of methoxy groups -OCH3 is 1. The molecule has 0 aliphatic heterocycles. The maximum atomic E-state index is 12.9. The van der Waals surface area contributed by atoms with Crippen molar-refractivity contribution < 1.29 is 23.5 Å². The molecular formula is C20H18FN3O4S. The fourth-order valence-corrected chi connectivity index (χ4v) is 3.11. The number of aromatic nitrogens is 1. The summed E-state index contributed by atoms with van der Waals surface area (Å²) in [6, 6.07) is 9.99. The van der Waals surface area contributed by atoms with E-state index in [-0.39, 0.29) is 6.61 Å². The third kappa shape index (κ3) is 5.29. The lowest BCUT2D eigenvalue weighted by atomic mass is 10.2. The third-order valence-corrected chi connectivity index (χ3v) is 4.70. The zero-order valence-electron chi connectivity index (χ0n) is 15.7. The number of amides is 2. The molecule has 29 heavy (non-hydrogen) atoms. The van der Waals surface area contributed by atoms with E-state index in [4.69, 9.17) is 9.47 Å². The van der Waals surface area contributed by atoms with Crippen LogP contribution in [0.2, 0.25) is 0 Å². The van der Waals surface area contributed by atoms with E-state index in [0.717, 1.165) is 0 Å². The molecular weight excluding hydrogens is 397 g/mol. The first-order valence-electron chi connectivity index (χ1n) is 8.51. The van der Waals surface area contributed by atoms with Crippen LogP contribution in [0, 0.1) is 5.82 Å². The summed E-state index contributed by atoms with van der Waals surface area (Å²) in [6.45, 7) is -0.281. The summed E-state index contributed by atoms with van der Waals surface area (Å²) < 4.78 is 25.4. The first-order chi connectivity index (χ1) is 14.0. The maximum Gasteiger partial charge on any atom is 0.279 e. The molecule has 0 spiro atoms. The van der Waals surface area contributed by atoms with Gasteiger partial charge in [-0.15, -0.1) is 11.3 Å². The van der Waals surface area contributed by atoms with Gasteiger partial charge in [0, 0.05) is 29.9 Å². The highest BCUT2D eigenvalue weighted by atomic mass is 32.1. The summed E-state index contributed by atoms with van der Waals surface area (Å²) >= 11 is 1.35. The van der Waals surface area contributed by atoms with Gasteiger partial charge >= 0.3 is 0 Å². The molecule has 150 valence electrons. The highest BCUT2D eigenvalue weighted by molar-refractivity contribution is 7.07.